The molecule has 4 nitrogen and oxygen atoms in total. The predicted molar refractivity (Wildman–Crippen MR) is 467 cm³/mol. The maximum atomic E-state index is 5.76. The predicted octanol–water partition coefficient (Wildman–Crippen LogP) is 25.1. The van der Waals surface area contributed by atoms with Crippen LogP contribution in [0.25, 0.3) is 135 Å². The van der Waals surface area contributed by atoms with Gasteiger partial charge in [-0.2, -0.15) is 0 Å². The molecule has 11 aromatic rings. The van der Waals surface area contributed by atoms with Crippen LogP contribution >= 0.6 is 0 Å². The summed E-state index contributed by atoms with van der Waals surface area (Å²) < 4.78 is 0. The smallest absolute Gasteiger partial charge is 0.0737 e. The average molecular weight is 1660 g/mol. The summed E-state index contributed by atoms with van der Waals surface area (Å²) in [4.78, 5) is 19.6. The third-order valence-electron chi connectivity index (χ3n) is 20.4. The average Bonchev–Trinajstić information content (AvgIpc) is 1.59. The molecular weight excluding hydrogens is 1580 g/mol. The number of H-pyrrole nitrogens is 2. The Morgan fingerprint density at radius 1 is 0.155 bits per heavy atom. The number of benzene rings is 8. The Bertz CT molecular complexity index is 5140. The monoisotopic (exact) mass is 1650 g/mol. The maximum absolute atomic E-state index is 5.76. The molecular formula is C108H78Fe4N4. The van der Waals surface area contributed by atoms with Crippen molar-refractivity contribution in [2.75, 3.05) is 0 Å². The van der Waals surface area contributed by atoms with Crippen molar-refractivity contribution in [2.24, 2.45) is 0 Å². The third kappa shape index (κ3) is 21.2. The molecule has 0 amide bonds. The molecule has 8 fully saturated rings. The zero-order valence-corrected chi connectivity index (χ0v) is 67.6. The zero-order chi connectivity index (χ0) is 75.0. The molecule has 0 saturated heterocycles. The van der Waals surface area contributed by atoms with Crippen LogP contribution in [-0.4, -0.2) is 19.9 Å². The van der Waals surface area contributed by atoms with E-state index in [-0.39, 0.29) is 68.3 Å². The number of aromatic amines is 2. The summed E-state index contributed by atoms with van der Waals surface area (Å²) in [7, 11) is 0. The quantitative estimate of drug-likeness (QED) is 0.120. The standard InChI is InChI=1S/C88H58N4.4C5H5.4Fe/c1-2-15-57(14-1)61-32-34-62(35-33-61)72-27-12-30-75(55-72)87-81-48-46-79(90-81)85(65-40-36-63(37-41-65)70-25-9-22-67(52-70)58-16-3-4-17-58)77-44-45-78(89-77)86(66-42-38-64(39-43-66)71-26-10-23-68(53-71)59-18-5-6-19-59)80-47-49-82(91-80)88(84-51-50-83(87)92-84)76-31-13-29-74(56-76)73-28-11-24-69(54-73)60-20-7-8-21-60;4*1-2-4-5-3-1;;;;/h1-56,90-91H;4*1-5H;;;;. The molecule has 21 rings (SSSR count). The van der Waals surface area contributed by atoms with Crippen molar-refractivity contribution in [2.45, 2.75) is 0 Å². The van der Waals surface area contributed by atoms with Crippen LogP contribution in [-0.2, 0) is 68.3 Å². The fourth-order valence-corrected chi connectivity index (χ4v) is 14.8. The maximum Gasteiger partial charge on any atom is 0.0737 e. The molecule has 40 radical (unpaired) electrons. The van der Waals surface area contributed by atoms with Gasteiger partial charge in [0.15, 0.2) is 0 Å². The molecule has 8 saturated carbocycles. The summed E-state index contributed by atoms with van der Waals surface area (Å²) in [6, 6.07) is 80.0. The van der Waals surface area contributed by atoms with Crippen molar-refractivity contribution in [3.05, 3.63) is 518 Å². The molecule has 2 aliphatic heterocycles. The van der Waals surface area contributed by atoms with Crippen LogP contribution in [0.15, 0.2) is 218 Å². The zero-order valence-electron chi connectivity index (χ0n) is 63.2. The topological polar surface area (TPSA) is 57.4 Å². The van der Waals surface area contributed by atoms with Gasteiger partial charge in [-0.15, -0.1) is 0 Å². The van der Waals surface area contributed by atoms with Gasteiger partial charge < -0.3 is 9.97 Å². The number of aromatic nitrogens is 4. The van der Waals surface area contributed by atoms with E-state index in [1.807, 2.05) is 128 Å². The molecule has 8 heteroatoms. The van der Waals surface area contributed by atoms with E-state index in [1.54, 1.807) is 0 Å². The van der Waals surface area contributed by atoms with Crippen molar-refractivity contribution < 1.29 is 68.3 Å². The number of rotatable bonds is 12. The Balaban J connectivity index is 0.000000428. The summed E-state index contributed by atoms with van der Waals surface area (Å²) in [5.41, 5.74) is 29.2. The molecule has 10 aliphatic rings. The van der Waals surface area contributed by atoms with Gasteiger partial charge in [-0.25, -0.2) is 9.97 Å². The number of hydrogen-bond acceptors (Lipinski definition) is 2. The van der Waals surface area contributed by atoms with E-state index >= 15 is 0 Å². The van der Waals surface area contributed by atoms with Crippen LogP contribution in [0, 0.1) is 255 Å². The van der Waals surface area contributed by atoms with Gasteiger partial charge in [0.2, 0.25) is 0 Å². The molecule has 0 spiro atoms. The largest absolute Gasteiger partial charge is 0.354 e. The van der Waals surface area contributed by atoms with Gasteiger partial charge in [0.1, 0.15) is 0 Å². The van der Waals surface area contributed by atoms with Gasteiger partial charge in [-0.1, -0.05) is 182 Å². The number of fused-ring (bicyclic) bond motifs is 8. The van der Waals surface area contributed by atoms with Crippen LogP contribution in [0.4, 0.5) is 0 Å². The number of nitrogens with zero attached hydrogens (tertiary/aromatic N) is 2. The Kier molecular flexibility index (Phi) is 31.9. The minimum absolute atomic E-state index is 0. The first-order valence-corrected chi connectivity index (χ1v) is 38.1. The van der Waals surface area contributed by atoms with Crippen LogP contribution < -0.4 is 0 Å². The minimum atomic E-state index is 0. The van der Waals surface area contributed by atoms with E-state index < -0.39 is 0 Å². The van der Waals surface area contributed by atoms with Gasteiger partial charge in [-0.05, 0) is 381 Å². The summed E-state index contributed by atoms with van der Waals surface area (Å²) in [5.74, 6) is 4.83. The van der Waals surface area contributed by atoms with E-state index in [0.29, 0.717) is 0 Å². The SMILES string of the molecule is [CH]1[CH][CH][CH][CH]1.[CH]1[CH][CH][CH][CH]1.[CH]1[CH][CH][CH][CH]1.[CH]1[CH][CH][CH][CH]1.[CH]1[CH][CH][C](c2ccc(-c3cccc(-c4c5nc(c(-c6cccc(-c7cccc([C]8[CH][CH][CH][CH]8)c7)c6)c6ccc([nH]6)c(-c6ccc(-c7cccc([C]8[CH][CH][CH][CH]8)c7)cc6)c6nc(c(-c7ccc(-c8cccc([C]9[CH][CH][CH][CH]9)c8)cc7)c7ccc4[nH]7)C=C6)C=C5)c3)cc2)[CH]1.[Fe].[Fe].[Fe].[Fe]. The van der Waals surface area contributed by atoms with Crippen LogP contribution in [0.1, 0.15) is 45.0 Å². The van der Waals surface area contributed by atoms with E-state index in [1.165, 1.54) is 45.9 Å². The fourth-order valence-electron chi connectivity index (χ4n) is 14.8. The molecule has 8 aliphatic carbocycles. The Labute approximate surface area is 735 Å². The van der Waals surface area contributed by atoms with E-state index in [9.17, 15) is 0 Å². The molecule has 8 aromatic carbocycles. The third-order valence-corrected chi connectivity index (χ3v) is 20.4. The summed E-state index contributed by atoms with van der Waals surface area (Å²) >= 11 is 0. The molecule has 2 N–H and O–H groups in total. The Morgan fingerprint density at radius 2 is 0.336 bits per heavy atom. The first-order chi connectivity index (χ1) is 55.5. The Morgan fingerprint density at radius 3 is 0.586 bits per heavy atom. The van der Waals surface area contributed by atoms with E-state index in [4.69, 9.17) is 9.97 Å². The van der Waals surface area contributed by atoms with Gasteiger partial charge in [0.05, 0.1) is 22.8 Å². The second-order valence-corrected chi connectivity index (χ2v) is 27.7. The van der Waals surface area contributed by atoms with Gasteiger partial charge in [-0.3, -0.25) is 0 Å². The number of nitrogens with one attached hydrogen (secondary N) is 2. The van der Waals surface area contributed by atoms with Gasteiger partial charge in [0.25, 0.3) is 0 Å². The van der Waals surface area contributed by atoms with Crippen LogP contribution in [0.2, 0.25) is 0 Å². The molecule has 116 heavy (non-hydrogen) atoms. The van der Waals surface area contributed by atoms with Gasteiger partial charge >= 0.3 is 0 Å². The van der Waals surface area contributed by atoms with Gasteiger partial charge in [0, 0.05) is 136 Å². The van der Waals surface area contributed by atoms with Crippen molar-refractivity contribution in [3.63, 3.8) is 0 Å². The first-order valence-electron chi connectivity index (χ1n) is 38.1. The van der Waals surface area contributed by atoms with Crippen molar-refractivity contribution in [1.29, 1.82) is 0 Å². The summed E-state index contributed by atoms with van der Waals surface area (Å²) in [6.07, 6.45) is 82.8. The number of hydrogen-bond donors (Lipinski definition) is 2. The first kappa shape index (κ1) is 86.3. The van der Waals surface area contributed by atoms with Crippen LogP contribution in [0.5, 0.6) is 0 Å². The normalized spacial score (nSPS) is 17.0. The summed E-state index contributed by atoms with van der Waals surface area (Å²) in [5, 5.41) is 0. The second kappa shape index (κ2) is 42.9. The minimum Gasteiger partial charge on any atom is -0.354 e. The molecule has 5 heterocycles. The van der Waals surface area contributed by atoms with Crippen molar-refractivity contribution in [3.8, 4) is 89.0 Å². The van der Waals surface area contributed by atoms with E-state index in [2.05, 4.69) is 355 Å². The summed E-state index contributed by atoms with van der Waals surface area (Å²) in [6.45, 7) is 0. The molecule has 3 aromatic heterocycles. The molecule has 562 valence electrons. The van der Waals surface area contributed by atoms with Crippen LogP contribution in [0.3, 0.4) is 0 Å². The van der Waals surface area contributed by atoms with Crippen molar-refractivity contribution >= 4 is 46.4 Å². The Hall–Kier alpha value is -7.56. The molecule has 0 unspecified atom stereocenters. The van der Waals surface area contributed by atoms with E-state index in [0.717, 1.165) is 134 Å². The molecule has 0 atom stereocenters. The van der Waals surface area contributed by atoms with Crippen molar-refractivity contribution in [1.82, 2.24) is 19.9 Å². The second-order valence-electron chi connectivity index (χ2n) is 27.7. The molecule has 8 bridgehead atoms. The fraction of sp³-hybridized carbons (Fsp3) is 0.